The highest BCUT2D eigenvalue weighted by Crippen LogP contribution is 2.15. The fourth-order valence-electron chi connectivity index (χ4n) is 2.74. The van der Waals surface area contributed by atoms with Crippen molar-refractivity contribution in [3.05, 3.63) is 84.2 Å². The number of para-hydroxylation sites is 1. The third-order valence-corrected chi connectivity index (χ3v) is 5.79. The number of hydrogen-bond donors (Lipinski definition) is 4. The van der Waals surface area contributed by atoms with Crippen LogP contribution in [-0.4, -0.2) is 56.0 Å². The van der Waals surface area contributed by atoms with Gasteiger partial charge in [-0.3, -0.25) is 19.4 Å². The van der Waals surface area contributed by atoms with Gasteiger partial charge >= 0.3 is 0 Å². The summed E-state index contributed by atoms with van der Waals surface area (Å²) >= 11 is 0. The Bertz CT molecular complexity index is 1280. The van der Waals surface area contributed by atoms with Crippen LogP contribution in [0, 0.1) is 0 Å². The Morgan fingerprint density at radius 1 is 0.914 bits per heavy atom. The third-order valence-electron chi connectivity index (χ3n) is 4.44. The first-order valence-corrected chi connectivity index (χ1v) is 11.8. The van der Waals surface area contributed by atoms with Gasteiger partial charge in [0.25, 0.3) is 27.7 Å². The molecule has 0 aliphatic rings. The second-order valence-corrected chi connectivity index (χ2v) is 8.70. The van der Waals surface area contributed by atoms with Crippen molar-refractivity contribution in [3.8, 4) is 5.75 Å². The first-order chi connectivity index (χ1) is 16.8. The molecule has 11 nitrogen and oxygen atoms in total. The molecule has 1 aromatic heterocycles. The Hall–Kier alpha value is -4.29. The summed E-state index contributed by atoms with van der Waals surface area (Å²) in [6, 6.07) is 16.5. The first-order valence-electron chi connectivity index (χ1n) is 10.3. The lowest BCUT2D eigenvalue weighted by Gasteiger charge is -2.10. The van der Waals surface area contributed by atoms with Crippen LogP contribution in [0.15, 0.2) is 77.8 Å². The number of aromatic nitrogens is 1. The lowest BCUT2D eigenvalue weighted by molar-refractivity contribution is -0.118. The number of aliphatic hydroxyl groups is 1. The van der Waals surface area contributed by atoms with Gasteiger partial charge in [-0.1, -0.05) is 18.2 Å². The molecule has 3 amide bonds. The maximum Gasteiger partial charge on any atom is 0.269 e. The van der Waals surface area contributed by atoms with Crippen LogP contribution in [0.4, 0.5) is 5.69 Å². The maximum absolute atomic E-state index is 12.6. The molecule has 0 fully saturated rings. The lowest BCUT2D eigenvalue weighted by atomic mass is 10.2. The number of pyridine rings is 1. The quantitative estimate of drug-likeness (QED) is 0.321. The van der Waals surface area contributed by atoms with Crippen molar-refractivity contribution in [3.63, 3.8) is 0 Å². The monoisotopic (exact) mass is 498 g/mol. The molecule has 0 spiro atoms. The SMILES string of the molecule is O=C(COc1ccccc1)Nc1ccc(S(=O)(=O)NC(=O)c2ccc(C(=O)NCCO)nc2)cc1. The molecule has 35 heavy (non-hydrogen) atoms. The molecule has 4 N–H and O–H groups in total. The molecule has 0 unspecified atom stereocenters. The zero-order valence-electron chi connectivity index (χ0n) is 18.3. The number of carbonyl (C=O) groups is 3. The van der Waals surface area contributed by atoms with Crippen molar-refractivity contribution in [1.29, 1.82) is 0 Å². The summed E-state index contributed by atoms with van der Waals surface area (Å²) in [5, 5.41) is 13.7. The number of ether oxygens (including phenoxy) is 1. The number of carbonyl (C=O) groups excluding carboxylic acids is 3. The van der Waals surface area contributed by atoms with Gasteiger partial charge in [0.05, 0.1) is 17.1 Å². The van der Waals surface area contributed by atoms with E-state index in [1.54, 1.807) is 24.3 Å². The van der Waals surface area contributed by atoms with Crippen LogP contribution in [0.2, 0.25) is 0 Å². The predicted molar refractivity (Wildman–Crippen MR) is 125 cm³/mol. The van der Waals surface area contributed by atoms with Gasteiger partial charge in [-0.25, -0.2) is 13.1 Å². The number of nitrogens with zero attached hydrogens (tertiary/aromatic N) is 1. The van der Waals surface area contributed by atoms with Crippen LogP contribution in [-0.2, 0) is 14.8 Å². The molecule has 1 heterocycles. The minimum Gasteiger partial charge on any atom is -0.484 e. The van der Waals surface area contributed by atoms with Crippen molar-refractivity contribution in [2.75, 3.05) is 25.1 Å². The molecule has 3 rings (SSSR count). The van der Waals surface area contributed by atoms with Gasteiger partial charge in [-0.15, -0.1) is 0 Å². The van der Waals surface area contributed by atoms with Gasteiger partial charge in [0, 0.05) is 18.4 Å². The zero-order chi connectivity index (χ0) is 25.3. The topological polar surface area (TPSA) is 164 Å². The average molecular weight is 499 g/mol. The minimum atomic E-state index is -4.21. The largest absolute Gasteiger partial charge is 0.484 e. The molecule has 0 aliphatic heterocycles. The van der Waals surface area contributed by atoms with Crippen LogP contribution in [0.5, 0.6) is 5.75 Å². The van der Waals surface area contributed by atoms with E-state index in [9.17, 15) is 22.8 Å². The maximum atomic E-state index is 12.6. The summed E-state index contributed by atoms with van der Waals surface area (Å²) in [7, 11) is -4.21. The van der Waals surface area contributed by atoms with E-state index < -0.39 is 27.7 Å². The van der Waals surface area contributed by atoms with Gasteiger partial charge in [0.2, 0.25) is 0 Å². The average Bonchev–Trinajstić information content (AvgIpc) is 2.87. The van der Waals surface area contributed by atoms with E-state index in [4.69, 9.17) is 9.84 Å². The molecular formula is C23H22N4O7S. The summed E-state index contributed by atoms with van der Waals surface area (Å²) in [6.45, 7) is -0.416. The van der Waals surface area contributed by atoms with Crippen LogP contribution < -0.4 is 20.1 Å². The van der Waals surface area contributed by atoms with E-state index in [-0.39, 0.29) is 35.9 Å². The van der Waals surface area contributed by atoms with Crippen molar-refractivity contribution in [2.45, 2.75) is 4.90 Å². The van der Waals surface area contributed by atoms with E-state index in [0.29, 0.717) is 11.4 Å². The smallest absolute Gasteiger partial charge is 0.269 e. The highest BCUT2D eigenvalue weighted by atomic mass is 32.2. The van der Waals surface area contributed by atoms with Crippen molar-refractivity contribution < 1.29 is 32.6 Å². The summed E-state index contributed by atoms with van der Waals surface area (Å²) in [5.74, 6) is -1.37. The number of nitrogens with one attached hydrogen (secondary N) is 3. The van der Waals surface area contributed by atoms with E-state index in [1.807, 2.05) is 10.8 Å². The normalized spacial score (nSPS) is 10.8. The number of rotatable bonds is 10. The highest BCUT2D eigenvalue weighted by molar-refractivity contribution is 7.90. The first kappa shape index (κ1) is 25.3. The molecule has 0 radical (unpaired) electrons. The summed E-state index contributed by atoms with van der Waals surface area (Å²) in [6.07, 6.45) is 1.06. The molecule has 3 aromatic rings. The molecule has 182 valence electrons. The van der Waals surface area contributed by atoms with E-state index in [2.05, 4.69) is 15.6 Å². The molecule has 0 saturated carbocycles. The Balaban J connectivity index is 1.56. The molecule has 2 aromatic carbocycles. The van der Waals surface area contributed by atoms with E-state index >= 15 is 0 Å². The van der Waals surface area contributed by atoms with Crippen LogP contribution in [0.1, 0.15) is 20.8 Å². The minimum absolute atomic E-state index is 0.00432. The van der Waals surface area contributed by atoms with Gasteiger partial charge in [0.1, 0.15) is 11.4 Å². The molecule has 0 saturated heterocycles. The zero-order valence-corrected chi connectivity index (χ0v) is 19.1. The second-order valence-electron chi connectivity index (χ2n) is 7.02. The lowest BCUT2D eigenvalue weighted by Crippen LogP contribution is -2.31. The number of aliphatic hydroxyl groups excluding tert-OH is 1. The van der Waals surface area contributed by atoms with Crippen molar-refractivity contribution in [2.24, 2.45) is 0 Å². The Morgan fingerprint density at radius 3 is 2.26 bits per heavy atom. The molecule has 12 heteroatoms. The molecule has 0 atom stereocenters. The number of anilines is 1. The number of benzene rings is 2. The van der Waals surface area contributed by atoms with Crippen molar-refractivity contribution in [1.82, 2.24) is 15.0 Å². The summed E-state index contributed by atoms with van der Waals surface area (Å²) in [4.78, 5) is 39.8. The van der Waals surface area contributed by atoms with Crippen LogP contribution >= 0.6 is 0 Å². The third kappa shape index (κ3) is 7.35. The molecular weight excluding hydrogens is 476 g/mol. The van der Waals surface area contributed by atoms with Gasteiger partial charge in [0.15, 0.2) is 6.61 Å². The van der Waals surface area contributed by atoms with E-state index in [0.717, 1.165) is 6.20 Å². The fourth-order valence-corrected chi connectivity index (χ4v) is 3.72. The predicted octanol–water partition coefficient (Wildman–Crippen LogP) is 0.940. The Kier molecular flexibility index (Phi) is 8.48. The van der Waals surface area contributed by atoms with Gasteiger partial charge in [-0.2, -0.15) is 0 Å². The van der Waals surface area contributed by atoms with Gasteiger partial charge < -0.3 is 20.5 Å². The second kappa shape index (κ2) is 11.7. The molecule has 0 aliphatic carbocycles. The van der Waals surface area contributed by atoms with Crippen LogP contribution in [0.25, 0.3) is 0 Å². The van der Waals surface area contributed by atoms with Crippen molar-refractivity contribution >= 4 is 33.4 Å². The summed E-state index contributed by atoms with van der Waals surface area (Å²) in [5.41, 5.74) is 0.274. The number of amides is 3. The fraction of sp³-hybridized carbons (Fsp3) is 0.130. The Labute approximate surface area is 201 Å². The number of sulfonamides is 1. The highest BCUT2D eigenvalue weighted by Gasteiger charge is 2.19. The van der Waals surface area contributed by atoms with E-state index in [1.165, 1.54) is 36.4 Å². The molecule has 0 bridgehead atoms. The van der Waals surface area contributed by atoms with Gasteiger partial charge in [-0.05, 0) is 48.5 Å². The Morgan fingerprint density at radius 2 is 1.63 bits per heavy atom. The standard InChI is InChI=1S/C23H22N4O7S/c28-13-12-24-23(31)20-11-6-16(14-25-20)22(30)27-35(32,33)19-9-7-17(8-10-19)26-21(29)15-34-18-4-2-1-3-5-18/h1-11,14,28H,12-13,15H2,(H,24,31)(H,26,29)(H,27,30). The van der Waals surface area contributed by atoms with Crippen LogP contribution in [0.3, 0.4) is 0 Å². The summed E-state index contributed by atoms with van der Waals surface area (Å²) < 4.78 is 32.4. The number of hydrogen-bond acceptors (Lipinski definition) is 8.